The van der Waals surface area contributed by atoms with Crippen LogP contribution < -0.4 is 26.3 Å². The fourth-order valence-corrected chi connectivity index (χ4v) is 2.32. The lowest BCUT2D eigenvalue weighted by Gasteiger charge is -2.10. The predicted molar refractivity (Wildman–Crippen MR) is 89.8 cm³/mol. The molecule has 26 heavy (non-hydrogen) atoms. The highest BCUT2D eigenvalue weighted by molar-refractivity contribution is 5.72. The standard InChI is InChI=1S/C19H22NO5.BrH/c1-3-24-18(21)12-16-17(25-14-15-8-5-4-6-9-15)10-7-11-20(16)13-19(22)23-2;/h4-11H,3,12-14H2,1-2H3;1H/q+1;/p-1. The van der Waals surface area contributed by atoms with Crippen LogP contribution in [-0.4, -0.2) is 25.7 Å². The summed E-state index contributed by atoms with van der Waals surface area (Å²) in [7, 11) is 1.32. The molecule has 2 rings (SSSR count). The van der Waals surface area contributed by atoms with Gasteiger partial charge in [-0.1, -0.05) is 30.3 Å². The molecule has 140 valence electrons. The van der Waals surface area contributed by atoms with Crippen molar-refractivity contribution in [2.45, 2.75) is 26.5 Å². The molecule has 0 unspecified atom stereocenters. The first kappa shape index (κ1) is 21.6. The summed E-state index contributed by atoms with van der Waals surface area (Å²) in [5.74, 6) is -0.254. The number of esters is 2. The minimum Gasteiger partial charge on any atom is -1.00 e. The number of carbonyl (C=O) groups is 2. The van der Waals surface area contributed by atoms with Crippen molar-refractivity contribution in [2.24, 2.45) is 0 Å². The van der Waals surface area contributed by atoms with Crippen molar-refractivity contribution >= 4 is 11.9 Å². The molecule has 2 aromatic rings. The smallest absolute Gasteiger partial charge is 0.372 e. The molecule has 0 saturated heterocycles. The van der Waals surface area contributed by atoms with Crippen LogP contribution in [0.3, 0.4) is 0 Å². The first-order valence-electron chi connectivity index (χ1n) is 8.04. The number of methoxy groups -OCH3 is 1. The fourth-order valence-electron chi connectivity index (χ4n) is 2.32. The highest BCUT2D eigenvalue weighted by atomic mass is 79.9. The summed E-state index contributed by atoms with van der Waals surface area (Å²) >= 11 is 0. The zero-order valence-corrected chi connectivity index (χ0v) is 16.4. The van der Waals surface area contributed by atoms with Gasteiger partial charge < -0.3 is 31.2 Å². The Morgan fingerprint density at radius 2 is 1.77 bits per heavy atom. The molecule has 0 aliphatic heterocycles. The van der Waals surface area contributed by atoms with Gasteiger partial charge in [0.25, 0.3) is 0 Å². The van der Waals surface area contributed by atoms with Gasteiger partial charge in [0.05, 0.1) is 13.7 Å². The average molecular weight is 424 g/mol. The van der Waals surface area contributed by atoms with Crippen LogP contribution in [-0.2, 0) is 38.6 Å². The lowest BCUT2D eigenvalue weighted by atomic mass is 10.2. The molecule has 0 aliphatic carbocycles. The van der Waals surface area contributed by atoms with Crippen molar-refractivity contribution in [3.8, 4) is 5.75 Å². The second kappa shape index (κ2) is 11.3. The maximum Gasteiger partial charge on any atom is 0.372 e. The van der Waals surface area contributed by atoms with Crippen LogP contribution in [0.15, 0.2) is 48.7 Å². The van der Waals surface area contributed by atoms with Crippen LogP contribution in [0.5, 0.6) is 5.75 Å². The molecule has 1 aromatic carbocycles. The largest absolute Gasteiger partial charge is 1.00 e. The lowest BCUT2D eigenvalue weighted by molar-refractivity contribution is -0.693. The SMILES string of the molecule is CCOC(=O)Cc1c(OCc2ccccc2)ccc[n+]1CC(=O)OC.[Br-]. The molecule has 1 aromatic heterocycles. The normalized spacial score (nSPS) is 9.77. The van der Waals surface area contributed by atoms with Gasteiger partial charge in [0, 0.05) is 6.07 Å². The lowest BCUT2D eigenvalue weighted by Crippen LogP contribution is -3.00. The number of nitrogens with zero attached hydrogens (tertiary/aromatic N) is 1. The Morgan fingerprint density at radius 3 is 2.42 bits per heavy atom. The molecule has 0 N–H and O–H groups in total. The number of pyridine rings is 1. The Bertz CT molecular complexity index is 721. The molecular formula is C19H22BrNO5. The van der Waals surface area contributed by atoms with Gasteiger partial charge in [0.1, 0.15) is 13.0 Å². The van der Waals surface area contributed by atoms with Crippen LogP contribution in [0.2, 0.25) is 0 Å². The van der Waals surface area contributed by atoms with Gasteiger partial charge in [0.15, 0.2) is 11.9 Å². The number of halogens is 1. The highest BCUT2D eigenvalue weighted by Gasteiger charge is 2.24. The van der Waals surface area contributed by atoms with Crippen molar-refractivity contribution in [1.82, 2.24) is 0 Å². The van der Waals surface area contributed by atoms with E-state index in [0.29, 0.717) is 24.7 Å². The molecule has 7 heteroatoms. The fraction of sp³-hybridized carbons (Fsp3) is 0.316. The molecule has 0 spiro atoms. The Morgan fingerprint density at radius 1 is 1.04 bits per heavy atom. The van der Waals surface area contributed by atoms with Crippen LogP contribution >= 0.6 is 0 Å². The molecule has 0 fully saturated rings. The van der Waals surface area contributed by atoms with Gasteiger partial charge in [0.2, 0.25) is 12.2 Å². The summed E-state index contributed by atoms with van der Waals surface area (Å²) in [6, 6.07) is 13.2. The first-order chi connectivity index (χ1) is 12.1. The van der Waals surface area contributed by atoms with Crippen molar-refractivity contribution in [1.29, 1.82) is 0 Å². The number of benzene rings is 1. The minimum atomic E-state index is -0.407. The second-order valence-electron chi connectivity index (χ2n) is 5.28. The van der Waals surface area contributed by atoms with E-state index >= 15 is 0 Å². The Kier molecular flexibility index (Phi) is 9.36. The van der Waals surface area contributed by atoms with E-state index in [1.54, 1.807) is 29.8 Å². The number of carbonyl (C=O) groups excluding carboxylic acids is 2. The van der Waals surface area contributed by atoms with Crippen LogP contribution in [0.25, 0.3) is 0 Å². The molecule has 1 heterocycles. The second-order valence-corrected chi connectivity index (χ2v) is 5.28. The van der Waals surface area contributed by atoms with Gasteiger partial charge in [-0.25, -0.2) is 4.79 Å². The van der Waals surface area contributed by atoms with Crippen LogP contribution in [0.4, 0.5) is 0 Å². The van der Waals surface area contributed by atoms with Crippen molar-refractivity contribution < 1.29 is 45.3 Å². The Hall–Kier alpha value is -2.41. The van der Waals surface area contributed by atoms with Gasteiger partial charge in [-0.15, -0.1) is 0 Å². The zero-order chi connectivity index (χ0) is 18.1. The van der Waals surface area contributed by atoms with E-state index in [1.165, 1.54) is 7.11 Å². The van der Waals surface area contributed by atoms with Gasteiger partial charge >= 0.3 is 11.9 Å². The zero-order valence-electron chi connectivity index (χ0n) is 14.8. The molecule has 0 radical (unpaired) electrons. The van der Waals surface area contributed by atoms with E-state index in [2.05, 4.69) is 0 Å². The van der Waals surface area contributed by atoms with Crippen molar-refractivity contribution in [2.75, 3.05) is 13.7 Å². The molecule has 0 bridgehead atoms. The Labute approximate surface area is 163 Å². The van der Waals surface area contributed by atoms with Crippen molar-refractivity contribution in [3.05, 3.63) is 59.9 Å². The van der Waals surface area contributed by atoms with E-state index < -0.39 is 5.97 Å². The van der Waals surface area contributed by atoms with Crippen LogP contribution in [0, 0.1) is 0 Å². The molecule has 0 atom stereocenters. The quantitative estimate of drug-likeness (QED) is 0.395. The number of ether oxygens (including phenoxy) is 3. The summed E-state index contributed by atoms with van der Waals surface area (Å²) in [6.45, 7) is 2.40. The summed E-state index contributed by atoms with van der Waals surface area (Å²) in [6.07, 6.45) is 1.72. The highest BCUT2D eigenvalue weighted by Crippen LogP contribution is 2.17. The summed E-state index contributed by atoms with van der Waals surface area (Å²) in [5.41, 5.74) is 1.58. The third kappa shape index (κ3) is 6.48. The molecule has 0 saturated carbocycles. The Balaban J connectivity index is 0.00000338. The molecular weight excluding hydrogens is 402 g/mol. The first-order valence-corrected chi connectivity index (χ1v) is 8.04. The van der Waals surface area contributed by atoms with E-state index in [0.717, 1.165) is 5.56 Å². The maximum absolute atomic E-state index is 11.9. The maximum atomic E-state index is 11.9. The van der Waals surface area contributed by atoms with Crippen LogP contribution in [0.1, 0.15) is 18.2 Å². The van der Waals surface area contributed by atoms with E-state index in [9.17, 15) is 9.59 Å². The molecule has 0 amide bonds. The van der Waals surface area contributed by atoms with Gasteiger partial charge in [-0.2, -0.15) is 4.57 Å². The monoisotopic (exact) mass is 423 g/mol. The van der Waals surface area contributed by atoms with Gasteiger partial charge in [-0.05, 0) is 18.6 Å². The summed E-state index contributed by atoms with van der Waals surface area (Å²) in [5, 5.41) is 0. The van der Waals surface area contributed by atoms with E-state index in [-0.39, 0.29) is 35.9 Å². The predicted octanol–water partition coefficient (Wildman–Crippen LogP) is -1.16. The summed E-state index contributed by atoms with van der Waals surface area (Å²) in [4.78, 5) is 23.6. The molecule has 6 nitrogen and oxygen atoms in total. The van der Waals surface area contributed by atoms with Crippen molar-refractivity contribution in [3.63, 3.8) is 0 Å². The topological polar surface area (TPSA) is 65.7 Å². The minimum absolute atomic E-state index is 0. The van der Waals surface area contributed by atoms with Gasteiger partial charge in [-0.3, -0.25) is 4.79 Å². The van der Waals surface area contributed by atoms with E-state index in [1.807, 2.05) is 30.3 Å². The third-order valence-corrected chi connectivity index (χ3v) is 3.53. The average Bonchev–Trinajstić information content (AvgIpc) is 2.63. The number of rotatable bonds is 8. The third-order valence-electron chi connectivity index (χ3n) is 3.53. The summed E-state index contributed by atoms with van der Waals surface area (Å²) < 4.78 is 17.3. The number of aromatic nitrogens is 1. The van der Waals surface area contributed by atoms with E-state index in [4.69, 9.17) is 14.2 Å². The molecule has 0 aliphatic rings. The number of hydrogen-bond donors (Lipinski definition) is 0. The number of hydrogen-bond acceptors (Lipinski definition) is 5.